The first-order valence-corrected chi connectivity index (χ1v) is 19.0. The molecule has 0 aromatic rings. The summed E-state index contributed by atoms with van der Waals surface area (Å²) in [5, 5.41) is 0. The average Bonchev–Trinajstić information content (AvgIpc) is 2.91. The monoisotopic (exact) mass is 559 g/mol. The molecule has 0 aliphatic rings. The zero-order chi connectivity index (χ0) is 28.4. The molecule has 1 atom stereocenters. The zero-order valence-corrected chi connectivity index (χ0v) is 28.4. The first-order chi connectivity index (χ1) is 18.5. The summed E-state index contributed by atoms with van der Waals surface area (Å²) in [6, 6.07) is 0. The lowest BCUT2D eigenvalue weighted by atomic mass is 9.93. The van der Waals surface area contributed by atoms with Crippen molar-refractivity contribution in [2.45, 2.75) is 170 Å². The maximum absolute atomic E-state index is 6.72. The van der Waals surface area contributed by atoms with Crippen molar-refractivity contribution in [1.82, 2.24) is 0 Å². The first kappa shape index (κ1) is 38.1. The van der Waals surface area contributed by atoms with Gasteiger partial charge in [-0.05, 0) is 58.8 Å². The summed E-state index contributed by atoms with van der Waals surface area (Å²) >= 11 is 0. The number of rotatable bonds is 30. The molecule has 0 heterocycles. The van der Waals surface area contributed by atoms with Crippen LogP contribution in [0.15, 0.2) is 0 Å². The quantitative estimate of drug-likeness (QED) is 0.0648. The summed E-state index contributed by atoms with van der Waals surface area (Å²) in [4.78, 5) is 0. The lowest BCUT2D eigenvalue weighted by molar-refractivity contribution is -0.861. The first-order valence-electron chi connectivity index (χ1n) is 17.3. The second-order valence-corrected chi connectivity index (χ2v) is 14.5. The summed E-state index contributed by atoms with van der Waals surface area (Å²) in [6.45, 7) is 21.2. The van der Waals surface area contributed by atoms with E-state index in [-0.39, 0.29) is 0 Å². The molecule has 0 aliphatic heterocycles. The summed E-state index contributed by atoms with van der Waals surface area (Å²) in [6.07, 6.45) is 25.3. The molecule has 0 bridgehead atoms. The Morgan fingerprint density at radius 3 is 1.26 bits per heavy atom. The molecule has 0 fully saturated rings. The topological polar surface area (TPSA) is 27.7 Å². The van der Waals surface area contributed by atoms with Crippen LogP contribution in [0.4, 0.5) is 0 Å². The minimum absolute atomic E-state index is 0.675. The Balaban J connectivity index is 6.02. The SMILES string of the molecule is CCCCCCCC[N+](CCCCCCCC)(CCC(CCC)CCCCC)[Si](OCC)(OCC)OCC. The molecule has 0 rings (SSSR count). The minimum atomic E-state index is -2.92. The standard InChI is InChI=1S/C33H72NO3Si/c1-8-15-18-20-22-25-30-34(31-26-23-21-19-16-9-2,38(35-12-5,36-13-6)37-14-7)32-29-33(27-11-4)28-24-17-10-3/h33H,8-32H2,1-7H3/q+1. The van der Waals surface area contributed by atoms with Crippen LogP contribution in [-0.2, 0) is 13.3 Å². The Morgan fingerprint density at radius 1 is 0.421 bits per heavy atom. The molecule has 4 nitrogen and oxygen atoms in total. The molecule has 0 radical (unpaired) electrons. The molecule has 0 amide bonds. The van der Waals surface area contributed by atoms with E-state index in [2.05, 4.69) is 48.5 Å². The number of nitrogens with zero attached hydrogens (tertiary/aromatic N) is 1. The van der Waals surface area contributed by atoms with Crippen LogP contribution in [0.3, 0.4) is 0 Å². The molecule has 0 aliphatic carbocycles. The van der Waals surface area contributed by atoms with Crippen LogP contribution in [0.25, 0.3) is 0 Å². The molecule has 230 valence electrons. The Labute approximate surface area is 242 Å². The van der Waals surface area contributed by atoms with E-state index in [1.165, 1.54) is 122 Å². The molecule has 0 saturated heterocycles. The summed E-state index contributed by atoms with van der Waals surface area (Å²) in [5.41, 5.74) is 0. The number of unbranched alkanes of at least 4 members (excludes halogenated alkanes) is 12. The summed E-state index contributed by atoms with van der Waals surface area (Å²) in [7, 11) is -2.92. The lowest BCUT2D eigenvalue weighted by Gasteiger charge is -2.48. The van der Waals surface area contributed by atoms with Gasteiger partial charge < -0.3 is 17.4 Å². The van der Waals surface area contributed by atoms with Gasteiger partial charge in [0.1, 0.15) is 0 Å². The van der Waals surface area contributed by atoms with Crippen molar-refractivity contribution in [2.75, 3.05) is 39.5 Å². The van der Waals surface area contributed by atoms with Crippen LogP contribution >= 0.6 is 0 Å². The van der Waals surface area contributed by atoms with E-state index < -0.39 is 8.97 Å². The van der Waals surface area contributed by atoms with Gasteiger partial charge in [0.15, 0.2) is 0 Å². The van der Waals surface area contributed by atoms with E-state index in [1.54, 1.807) is 0 Å². The van der Waals surface area contributed by atoms with Crippen LogP contribution in [-0.4, -0.2) is 52.6 Å². The van der Waals surface area contributed by atoms with Crippen LogP contribution < -0.4 is 0 Å². The van der Waals surface area contributed by atoms with E-state index in [0.29, 0.717) is 19.8 Å². The van der Waals surface area contributed by atoms with E-state index in [1.807, 2.05) is 0 Å². The fourth-order valence-electron chi connectivity index (χ4n) is 6.17. The van der Waals surface area contributed by atoms with Crippen molar-refractivity contribution in [3.8, 4) is 0 Å². The highest BCUT2D eigenvalue weighted by atomic mass is 28.4. The van der Waals surface area contributed by atoms with Crippen LogP contribution in [0.5, 0.6) is 0 Å². The van der Waals surface area contributed by atoms with Crippen molar-refractivity contribution in [3.05, 3.63) is 0 Å². The average molecular weight is 559 g/mol. The van der Waals surface area contributed by atoms with E-state index in [9.17, 15) is 0 Å². The molecule has 38 heavy (non-hydrogen) atoms. The van der Waals surface area contributed by atoms with Gasteiger partial charge >= 0.3 is 8.97 Å². The third-order valence-corrected chi connectivity index (χ3v) is 12.1. The highest BCUT2D eigenvalue weighted by Crippen LogP contribution is 2.32. The van der Waals surface area contributed by atoms with E-state index >= 15 is 0 Å². The molecule has 0 spiro atoms. The maximum atomic E-state index is 6.72. The minimum Gasteiger partial charge on any atom is -0.325 e. The van der Waals surface area contributed by atoms with Crippen molar-refractivity contribution in [3.63, 3.8) is 0 Å². The van der Waals surface area contributed by atoms with Gasteiger partial charge in [0.05, 0.1) is 19.6 Å². The van der Waals surface area contributed by atoms with Gasteiger partial charge in [-0.2, -0.15) is 0 Å². The predicted octanol–water partition coefficient (Wildman–Crippen LogP) is 10.5. The number of hydrogen-bond donors (Lipinski definition) is 0. The largest absolute Gasteiger partial charge is 0.784 e. The highest BCUT2D eigenvalue weighted by Gasteiger charge is 2.65. The van der Waals surface area contributed by atoms with Crippen molar-refractivity contribution < 1.29 is 17.4 Å². The van der Waals surface area contributed by atoms with Crippen molar-refractivity contribution in [2.24, 2.45) is 5.92 Å². The van der Waals surface area contributed by atoms with Gasteiger partial charge in [0, 0.05) is 19.8 Å². The van der Waals surface area contributed by atoms with Gasteiger partial charge in [0.25, 0.3) is 0 Å². The predicted molar refractivity (Wildman–Crippen MR) is 169 cm³/mol. The third kappa shape index (κ3) is 15.7. The number of quaternary nitrogens is 1. The van der Waals surface area contributed by atoms with Crippen molar-refractivity contribution in [1.29, 1.82) is 0 Å². The Kier molecular flexibility index (Phi) is 26.0. The van der Waals surface area contributed by atoms with Gasteiger partial charge in [-0.15, -0.1) is 0 Å². The summed E-state index contributed by atoms with van der Waals surface area (Å²) in [5.74, 6) is 0.815. The molecule has 5 heteroatoms. The molecule has 0 N–H and O–H groups in total. The molecule has 0 aromatic carbocycles. The van der Waals surface area contributed by atoms with Crippen LogP contribution in [0.2, 0.25) is 0 Å². The normalized spacial score (nSPS) is 13.3. The van der Waals surface area contributed by atoms with Crippen molar-refractivity contribution >= 4 is 8.97 Å². The molecular formula is C33H72NO3Si+. The van der Waals surface area contributed by atoms with Crippen LogP contribution in [0, 0.1) is 5.92 Å². The molecule has 1 unspecified atom stereocenters. The zero-order valence-electron chi connectivity index (χ0n) is 27.4. The number of hydrogen-bond acceptors (Lipinski definition) is 3. The molecular weight excluding hydrogens is 486 g/mol. The van der Waals surface area contributed by atoms with Gasteiger partial charge in [-0.25, -0.2) is 0 Å². The highest BCUT2D eigenvalue weighted by molar-refractivity contribution is 6.52. The van der Waals surface area contributed by atoms with Crippen LogP contribution in [0.1, 0.15) is 170 Å². The van der Waals surface area contributed by atoms with Gasteiger partial charge in [-0.1, -0.05) is 118 Å². The fraction of sp³-hybridized carbons (Fsp3) is 1.00. The second kappa shape index (κ2) is 26.0. The Morgan fingerprint density at radius 2 is 0.842 bits per heavy atom. The van der Waals surface area contributed by atoms with E-state index in [4.69, 9.17) is 13.3 Å². The fourth-order valence-corrected chi connectivity index (χ4v) is 9.61. The second-order valence-electron chi connectivity index (χ2n) is 11.6. The third-order valence-electron chi connectivity index (χ3n) is 8.32. The Bertz CT molecular complexity index is 458. The molecule has 0 aromatic heterocycles. The maximum Gasteiger partial charge on any atom is 0.784 e. The summed E-state index contributed by atoms with van der Waals surface area (Å²) < 4.78 is 21.1. The Hall–Kier alpha value is 0.0569. The molecule has 0 saturated carbocycles. The van der Waals surface area contributed by atoms with Gasteiger partial charge in [0.2, 0.25) is 0 Å². The van der Waals surface area contributed by atoms with E-state index in [0.717, 1.165) is 29.7 Å². The lowest BCUT2D eigenvalue weighted by Crippen LogP contribution is -2.74. The smallest absolute Gasteiger partial charge is 0.325 e. The van der Waals surface area contributed by atoms with Gasteiger partial charge in [-0.3, -0.25) is 0 Å².